The van der Waals surface area contributed by atoms with Gasteiger partial charge in [-0.05, 0) is 79.4 Å². The maximum absolute atomic E-state index is 12.9. The number of anilines is 1. The maximum Gasteiger partial charge on any atom is 0.335 e. The molecule has 0 saturated carbocycles. The first kappa shape index (κ1) is 18.8. The fourth-order valence-electron chi connectivity index (χ4n) is 2.99. The average molecular weight is 429 g/mol. The van der Waals surface area contributed by atoms with Crippen LogP contribution in [0.15, 0.2) is 40.4 Å². The number of benzene rings is 2. The minimum Gasteiger partial charge on any atom is -0.507 e. The second kappa shape index (κ2) is 7.00. The molecule has 0 aliphatic carbocycles. The lowest BCUT2D eigenvalue weighted by atomic mass is 10.0. The Hall–Kier alpha value is -2.93. The number of phenolic OH excluding ortho intramolecular Hbond substituents is 1. The highest BCUT2D eigenvalue weighted by atomic mass is 79.9. The number of carbonyl (C=O) groups is 3. The number of hydrogen-bond acceptors (Lipinski definition) is 4. The van der Waals surface area contributed by atoms with Gasteiger partial charge in [-0.3, -0.25) is 14.9 Å². The lowest BCUT2D eigenvalue weighted by Crippen LogP contribution is -2.54. The van der Waals surface area contributed by atoms with Crippen molar-refractivity contribution in [2.24, 2.45) is 0 Å². The van der Waals surface area contributed by atoms with E-state index in [1.165, 1.54) is 6.08 Å². The van der Waals surface area contributed by atoms with Crippen LogP contribution in [0.2, 0.25) is 0 Å². The van der Waals surface area contributed by atoms with E-state index >= 15 is 0 Å². The first-order valence-electron chi connectivity index (χ1n) is 8.17. The molecule has 2 N–H and O–H groups in total. The summed E-state index contributed by atoms with van der Waals surface area (Å²) in [6.07, 6.45) is 1.42. The summed E-state index contributed by atoms with van der Waals surface area (Å²) in [5.41, 5.74) is 2.80. The third kappa shape index (κ3) is 3.50. The van der Waals surface area contributed by atoms with E-state index in [1.807, 2.05) is 0 Å². The number of halogens is 1. The SMILES string of the molecule is Cc1cc(Br)ccc1N1C(=O)NC(=O)/C(=C\c2cc(C)c(O)c(C)c2)C1=O. The lowest BCUT2D eigenvalue weighted by molar-refractivity contribution is -0.122. The number of aryl methyl sites for hydroxylation is 3. The molecule has 0 atom stereocenters. The van der Waals surface area contributed by atoms with Crippen LogP contribution in [0.25, 0.3) is 6.08 Å². The Balaban J connectivity index is 2.07. The van der Waals surface area contributed by atoms with Gasteiger partial charge in [-0.2, -0.15) is 0 Å². The third-order valence-electron chi connectivity index (χ3n) is 4.33. The lowest BCUT2D eigenvalue weighted by Gasteiger charge is -2.27. The van der Waals surface area contributed by atoms with Crippen LogP contribution in [0.3, 0.4) is 0 Å². The Bertz CT molecular complexity index is 1000. The van der Waals surface area contributed by atoms with E-state index in [4.69, 9.17) is 0 Å². The molecule has 3 rings (SSSR count). The molecule has 27 heavy (non-hydrogen) atoms. The summed E-state index contributed by atoms with van der Waals surface area (Å²) in [6, 6.07) is 7.69. The fraction of sp³-hybridized carbons (Fsp3) is 0.150. The molecule has 1 saturated heterocycles. The van der Waals surface area contributed by atoms with Crippen molar-refractivity contribution < 1.29 is 19.5 Å². The summed E-state index contributed by atoms with van der Waals surface area (Å²) >= 11 is 3.35. The molecule has 0 aromatic heterocycles. The fourth-order valence-corrected chi connectivity index (χ4v) is 3.46. The largest absolute Gasteiger partial charge is 0.507 e. The quantitative estimate of drug-likeness (QED) is 0.563. The van der Waals surface area contributed by atoms with Gasteiger partial charge in [0.05, 0.1) is 5.69 Å². The van der Waals surface area contributed by atoms with Crippen molar-refractivity contribution in [3.05, 3.63) is 62.6 Å². The standard InChI is InChI=1S/C20H17BrN2O4/c1-10-8-14(21)4-5-16(10)23-19(26)15(18(25)22-20(23)27)9-13-6-11(2)17(24)12(3)7-13/h4-9,24H,1-3H3,(H,22,25,27)/b15-9+. The maximum atomic E-state index is 12.9. The van der Waals surface area contributed by atoms with Gasteiger partial charge in [0.1, 0.15) is 11.3 Å². The predicted octanol–water partition coefficient (Wildman–Crippen LogP) is 3.75. The average Bonchev–Trinajstić information content (AvgIpc) is 2.58. The van der Waals surface area contributed by atoms with Crippen LogP contribution in [-0.2, 0) is 9.59 Å². The number of urea groups is 1. The van der Waals surface area contributed by atoms with Crippen LogP contribution >= 0.6 is 15.9 Å². The van der Waals surface area contributed by atoms with Gasteiger partial charge >= 0.3 is 6.03 Å². The number of aromatic hydroxyl groups is 1. The van der Waals surface area contributed by atoms with Crippen LogP contribution < -0.4 is 10.2 Å². The molecule has 6 nitrogen and oxygen atoms in total. The number of barbiturate groups is 1. The topological polar surface area (TPSA) is 86.7 Å². The predicted molar refractivity (Wildman–Crippen MR) is 105 cm³/mol. The third-order valence-corrected chi connectivity index (χ3v) is 4.82. The first-order chi connectivity index (χ1) is 12.7. The van der Waals surface area contributed by atoms with E-state index in [0.29, 0.717) is 27.9 Å². The van der Waals surface area contributed by atoms with E-state index in [0.717, 1.165) is 9.37 Å². The molecule has 0 unspecified atom stereocenters. The first-order valence-corrected chi connectivity index (χ1v) is 8.96. The monoisotopic (exact) mass is 428 g/mol. The van der Waals surface area contributed by atoms with Gasteiger partial charge in [0, 0.05) is 4.47 Å². The van der Waals surface area contributed by atoms with Crippen molar-refractivity contribution in [3.63, 3.8) is 0 Å². The highest BCUT2D eigenvalue weighted by molar-refractivity contribution is 9.10. The van der Waals surface area contributed by atoms with Gasteiger partial charge in [0.2, 0.25) is 0 Å². The van der Waals surface area contributed by atoms with Crippen molar-refractivity contribution in [3.8, 4) is 5.75 Å². The molecule has 138 valence electrons. The zero-order valence-electron chi connectivity index (χ0n) is 15.0. The molecule has 2 aromatic rings. The highest BCUT2D eigenvalue weighted by Gasteiger charge is 2.37. The van der Waals surface area contributed by atoms with Gasteiger partial charge in [-0.15, -0.1) is 0 Å². The Kier molecular flexibility index (Phi) is 4.89. The molecule has 4 amide bonds. The number of nitrogens with one attached hydrogen (secondary N) is 1. The number of nitrogens with zero attached hydrogens (tertiary/aromatic N) is 1. The van der Waals surface area contributed by atoms with Crippen molar-refractivity contribution in [2.75, 3.05) is 4.90 Å². The van der Waals surface area contributed by atoms with Crippen LogP contribution in [0, 0.1) is 20.8 Å². The Morgan fingerprint density at radius 2 is 1.63 bits per heavy atom. The molecule has 0 bridgehead atoms. The van der Waals surface area contributed by atoms with Gasteiger partial charge in [0.25, 0.3) is 11.8 Å². The summed E-state index contributed by atoms with van der Waals surface area (Å²) in [7, 11) is 0. The van der Waals surface area contributed by atoms with Crippen LogP contribution in [-0.4, -0.2) is 23.0 Å². The summed E-state index contributed by atoms with van der Waals surface area (Å²) in [4.78, 5) is 38.5. The number of imide groups is 2. The zero-order valence-corrected chi connectivity index (χ0v) is 16.5. The van der Waals surface area contributed by atoms with E-state index in [2.05, 4.69) is 21.2 Å². The van der Waals surface area contributed by atoms with Crippen LogP contribution in [0.1, 0.15) is 22.3 Å². The van der Waals surface area contributed by atoms with E-state index in [-0.39, 0.29) is 11.3 Å². The number of hydrogen-bond donors (Lipinski definition) is 2. The van der Waals surface area contributed by atoms with Crippen molar-refractivity contribution in [2.45, 2.75) is 20.8 Å². The molecular weight excluding hydrogens is 412 g/mol. The number of amides is 4. The number of phenols is 1. The van der Waals surface area contributed by atoms with Crippen molar-refractivity contribution in [1.29, 1.82) is 0 Å². The second-order valence-corrected chi connectivity index (χ2v) is 7.31. The molecule has 2 aromatic carbocycles. The van der Waals surface area contributed by atoms with Crippen molar-refractivity contribution >= 4 is 45.5 Å². The molecule has 1 fully saturated rings. The highest BCUT2D eigenvalue weighted by Crippen LogP contribution is 2.29. The minimum absolute atomic E-state index is 0.151. The zero-order chi connectivity index (χ0) is 19.9. The molecular formula is C20H17BrN2O4. The van der Waals surface area contributed by atoms with Crippen LogP contribution in [0.4, 0.5) is 10.5 Å². The van der Waals surface area contributed by atoms with E-state index < -0.39 is 17.8 Å². The van der Waals surface area contributed by atoms with E-state index in [9.17, 15) is 19.5 Å². The van der Waals surface area contributed by atoms with Gasteiger partial charge in [-0.1, -0.05) is 15.9 Å². The van der Waals surface area contributed by atoms with Gasteiger partial charge < -0.3 is 5.11 Å². The summed E-state index contributed by atoms with van der Waals surface area (Å²) in [5.74, 6) is -1.28. The molecule has 1 heterocycles. The van der Waals surface area contributed by atoms with Crippen LogP contribution in [0.5, 0.6) is 5.75 Å². The second-order valence-electron chi connectivity index (χ2n) is 6.39. The number of rotatable bonds is 2. The molecule has 7 heteroatoms. The summed E-state index contributed by atoms with van der Waals surface area (Å²) in [5, 5.41) is 12.1. The minimum atomic E-state index is -0.786. The molecule has 1 aliphatic heterocycles. The summed E-state index contributed by atoms with van der Waals surface area (Å²) < 4.78 is 0.815. The Morgan fingerprint density at radius 1 is 1.00 bits per heavy atom. The number of carbonyl (C=O) groups excluding carboxylic acids is 3. The Labute approximate surface area is 164 Å². The molecule has 0 spiro atoms. The normalized spacial score (nSPS) is 16.1. The van der Waals surface area contributed by atoms with Gasteiger partial charge in [0.15, 0.2) is 0 Å². The summed E-state index contributed by atoms with van der Waals surface area (Å²) in [6.45, 7) is 5.23. The molecule has 1 aliphatic rings. The van der Waals surface area contributed by atoms with Gasteiger partial charge in [-0.25, -0.2) is 9.69 Å². The Morgan fingerprint density at radius 3 is 2.22 bits per heavy atom. The smallest absolute Gasteiger partial charge is 0.335 e. The van der Waals surface area contributed by atoms with E-state index in [1.54, 1.807) is 51.1 Å². The van der Waals surface area contributed by atoms with Crippen molar-refractivity contribution in [1.82, 2.24) is 5.32 Å². The molecule has 0 radical (unpaired) electrons.